The summed E-state index contributed by atoms with van der Waals surface area (Å²) in [5, 5.41) is 13.2. The van der Waals surface area contributed by atoms with E-state index in [0.29, 0.717) is 29.4 Å². The van der Waals surface area contributed by atoms with Gasteiger partial charge in [-0.1, -0.05) is 35.5 Å². The molecule has 5 heterocycles. The Morgan fingerprint density at radius 1 is 1.06 bits per heavy atom. The van der Waals surface area contributed by atoms with Gasteiger partial charge >= 0.3 is 0 Å². The molecule has 1 fully saturated rings. The molecular weight excluding hydrogens is 446 g/mol. The van der Waals surface area contributed by atoms with E-state index in [0.717, 1.165) is 43.4 Å². The van der Waals surface area contributed by atoms with Gasteiger partial charge in [0.25, 0.3) is 0 Å². The summed E-state index contributed by atoms with van der Waals surface area (Å²) >= 11 is 0. The zero-order chi connectivity index (χ0) is 23.8. The molecule has 35 heavy (non-hydrogen) atoms. The largest absolute Gasteiger partial charge is 0.461 e. The molecular formula is C24H25N9O2. The Bertz CT molecular complexity index is 1450. The third-order valence-electron chi connectivity index (χ3n) is 6.80. The average molecular weight is 472 g/mol. The van der Waals surface area contributed by atoms with Gasteiger partial charge in [0.1, 0.15) is 6.04 Å². The van der Waals surface area contributed by atoms with Gasteiger partial charge in [-0.15, -0.1) is 5.10 Å². The number of anilines is 1. The number of furan rings is 1. The Morgan fingerprint density at radius 2 is 1.89 bits per heavy atom. The second kappa shape index (κ2) is 8.91. The number of benzene rings is 1. The van der Waals surface area contributed by atoms with Crippen LogP contribution in [0.4, 0.5) is 5.95 Å². The molecule has 0 amide bonds. The zero-order valence-corrected chi connectivity index (χ0v) is 19.1. The lowest BCUT2D eigenvalue weighted by Gasteiger charge is -2.33. The third-order valence-corrected chi connectivity index (χ3v) is 6.80. The van der Waals surface area contributed by atoms with Crippen LogP contribution >= 0.6 is 0 Å². The van der Waals surface area contributed by atoms with E-state index in [4.69, 9.17) is 10.2 Å². The number of rotatable bonds is 7. The van der Waals surface area contributed by atoms with Crippen molar-refractivity contribution >= 4 is 22.6 Å². The third kappa shape index (κ3) is 3.93. The summed E-state index contributed by atoms with van der Waals surface area (Å²) in [4.78, 5) is 23.1. The molecule has 1 aliphatic rings. The van der Waals surface area contributed by atoms with Crippen LogP contribution in [0.2, 0.25) is 0 Å². The van der Waals surface area contributed by atoms with Crippen molar-refractivity contribution in [1.29, 1.82) is 0 Å². The average Bonchev–Trinajstić information content (AvgIpc) is 3.64. The van der Waals surface area contributed by atoms with Gasteiger partial charge in [-0.3, -0.25) is 0 Å². The maximum absolute atomic E-state index is 11.6. The Morgan fingerprint density at radius 3 is 2.63 bits per heavy atom. The van der Waals surface area contributed by atoms with E-state index in [2.05, 4.69) is 30.2 Å². The highest BCUT2D eigenvalue weighted by atomic mass is 16.3. The Hall–Kier alpha value is -4.12. The second-order valence-corrected chi connectivity index (χ2v) is 8.86. The molecule has 11 heteroatoms. The molecule has 1 atom stereocenters. The molecule has 2 N–H and O–H groups in total. The maximum Gasteiger partial charge on any atom is 0.225 e. The number of hydrogen-bond donors (Lipinski definition) is 1. The fourth-order valence-electron chi connectivity index (χ4n) is 4.93. The quantitative estimate of drug-likeness (QED) is 0.356. The first kappa shape index (κ1) is 21.4. The van der Waals surface area contributed by atoms with Crippen molar-refractivity contribution in [2.45, 2.75) is 25.4 Å². The first-order chi connectivity index (χ1) is 17.2. The highest BCUT2D eigenvalue weighted by molar-refractivity contribution is 5.90. The van der Waals surface area contributed by atoms with Crippen LogP contribution in [0.25, 0.3) is 28.3 Å². The molecule has 1 aromatic carbocycles. The summed E-state index contributed by atoms with van der Waals surface area (Å²) in [6.45, 7) is 3.33. The van der Waals surface area contributed by atoms with Crippen LogP contribution < -0.4 is 5.73 Å². The summed E-state index contributed by atoms with van der Waals surface area (Å²) in [6, 6.07) is 13.2. The molecule has 5 aromatic rings. The van der Waals surface area contributed by atoms with Gasteiger partial charge in [0.05, 0.1) is 24.4 Å². The van der Waals surface area contributed by atoms with Crippen LogP contribution in [-0.2, 0) is 6.54 Å². The molecule has 1 saturated heterocycles. The number of nitroso groups, excluding NO2 is 1. The van der Waals surface area contributed by atoms with E-state index in [-0.39, 0.29) is 17.9 Å². The lowest BCUT2D eigenvalue weighted by molar-refractivity contribution is 0.163. The zero-order valence-electron chi connectivity index (χ0n) is 19.1. The number of likely N-dealkylation sites (tertiary alicyclic amines) is 1. The predicted molar refractivity (Wildman–Crippen MR) is 130 cm³/mol. The van der Waals surface area contributed by atoms with Crippen molar-refractivity contribution in [3.8, 4) is 11.6 Å². The van der Waals surface area contributed by atoms with Crippen molar-refractivity contribution in [2.24, 2.45) is 11.1 Å². The minimum absolute atomic E-state index is 0.244. The van der Waals surface area contributed by atoms with Crippen LogP contribution in [0, 0.1) is 10.8 Å². The number of hydrogen-bond acceptors (Lipinski definition) is 9. The molecule has 0 saturated carbocycles. The number of nitrogen functional groups attached to an aromatic ring is 1. The molecule has 1 unspecified atom stereocenters. The summed E-state index contributed by atoms with van der Waals surface area (Å²) in [5.41, 5.74) is 8.47. The van der Waals surface area contributed by atoms with E-state index in [1.807, 2.05) is 35.0 Å². The van der Waals surface area contributed by atoms with E-state index in [1.54, 1.807) is 24.6 Å². The van der Waals surface area contributed by atoms with Gasteiger partial charge in [-0.2, -0.15) is 19.5 Å². The Balaban J connectivity index is 1.15. The number of aromatic nitrogens is 6. The molecule has 0 aliphatic carbocycles. The van der Waals surface area contributed by atoms with Gasteiger partial charge in [-0.25, -0.2) is 9.67 Å². The molecule has 11 nitrogen and oxygen atoms in total. The van der Waals surface area contributed by atoms with Crippen molar-refractivity contribution < 1.29 is 4.42 Å². The van der Waals surface area contributed by atoms with Crippen LogP contribution in [0.1, 0.15) is 24.4 Å². The molecule has 0 bridgehead atoms. The number of nitrogens with two attached hydrogens (primary N) is 1. The summed E-state index contributed by atoms with van der Waals surface area (Å²) < 4.78 is 8.79. The van der Waals surface area contributed by atoms with E-state index < -0.39 is 0 Å². The first-order valence-electron chi connectivity index (χ1n) is 11.7. The van der Waals surface area contributed by atoms with Crippen LogP contribution in [0.3, 0.4) is 0 Å². The minimum Gasteiger partial charge on any atom is -0.461 e. The minimum atomic E-state index is -0.280. The highest BCUT2D eigenvalue weighted by Gasteiger charge is 2.28. The summed E-state index contributed by atoms with van der Waals surface area (Å²) in [6.07, 6.45) is 5.21. The monoisotopic (exact) mass is 471 g/mol. The smallest absolute Gasteiger partial charge is 0.225 e. The van der Waals surface area contributed by atoms with Crippen molar-refractivity contribution in [3.05, 3.63) is 65.4 Å². The summed E-state index contributed by atoms with van der Waals surface area (Å²) in [5.74, 6) is 1.53. The summed E-state index contributed by atoms with van der Waals surface area (Å²) in [7, 11) is 0. The first-order valence-corrected chi connectivity index (χ1v) is 11.7. The van der Waals surface area contributed by atoms with Gasteiger partial charge in [-0.05, 0) is 49.5 Å². The van der Waals surface area contributed by atoms with E-state index in [1.165, 1.54) is 4.52 Å². The van der Waals surface area contributed by atoms with Gasteiger partial charge in [0.15, 0.2) is 17.1 Å². The molecule has 178 valence electrons. The molecule has 4 aromatic heterocycles. The second-order valence-electron chi connectivity index (χ2n) is 8.86. The van der Waals surface area contributed by atoms with E-state index in [9.17, 15) is 4.91 Å². The SMILES string of the molecule is Nc1nc2c(cnn2CCN2CCC(C(N=O)c3ccccc3)CC2)c2nc(-c3ccco3)nn12. The molecule has 6 rings (SSSR count). The fourth-order valence-corrected chi connectivity index (χ4v) is 4.93. The van der Waals surface area contributed by atoms with Crippen LogP contribution in [-0.4, -0.2) is 53.9 Å². The lowest BCUT2D eigenvalue weighted by Crippen LogP contribution is -2.37. The normalized spacial score (nSPS) is 16.2. The van der Waals surface area contributed by atoms with Crippen molar-refractivity contribution in [1.82, 2.24) is 34.3 Å². The van der Waals surface area contributed by atoms with Crippen LogP contribution in [0.5, 0.6) is 0 Å². The Labute approximate surface area is 200 Å². The number of nitrogens with zero attached hydrogens (tertiary/aromatic N) is 8. The predicted octanol–water partition coefficient (Wildman–Crippen LogP) is 3.54. The van der Waals surface area contributed by atoms with Gasteiger partial charge < -0.3 is 15.1 Å². The standard InChI is InChI=1S/C24H25N9O2/c25-24-28-22-18(23-27-21(29-33(23)24)19-7-4-14-35-19)15-26-32(22)13-12-31-10-8-17(9-11-31)20(30-34)16-5-2-1-3-6-16/h1-7,14-15,17,20H,8-13H2,(H2,25,28). The Kier molecular flexibility index (Phi) is 5.45. The van der Waals surface area contributed by atoms with Crippen molar-refractivity contribution in [3.63, 3.8) is 0 Å². The highest BCUT2D eigenvalue weighted by Crippen LogP contribution is 2.33. The number of fused-ring (bicyclic) bond motifs is 3. The molecule has 0 spiro atoms. The van der Waals surface area contributed by atoms with Crippen LogP contribution in [0.15, 0.2) is 64.5 Å². The van der Waals surface area contributed by atoms with E-state index >= 15 is 0 Å². The van der Waals surface area contributed by atoms with Crippen molar-refractivity contribution in [2.75, 3.05) is 25.4 Å². The fraction of sp³-hybridized carbons (Fsp3) is 0.333. The number of piperidine rings is 1. The maximum atomic E-state index is 11.6. The lowest BCUT2D eigenvalue weighted by atomic mass is 9.86. The topological polar surface area (TPSA) is 133 Å². The van der Waals surface area contributed by atoms with Gasteiger partial charge in [0, 0.05) is 6.54 Å². The van der Waals surface area contributed by atoms with Gasteiger partial charge in [0.2, 0.25) is 11.8 Å². The molecule has 0 radical (unpaired) electrons. The molecule has 1 aliphatic heterocycles.